The summed E-state index contributed by atoms with van der Waals surface area (Å²) in [6, 6.07) is 10.5. The molecule has 0 aliphatic carbocycles. The number of anilines is 1. The van der Waals surface area contributed by atoms with Crippen LogP contribution in [0.15, 0.2) is 41.3 Å². The number of benzene rings is 2. The van der Waals surface area contributed by atoms with Crippen LogP contribution in [0.3, 0.4) is 0 Å². The van der Waals surface area contributed by atoms with E-state index in [1.165, 1.54) is 21.2 Å². The molecule has 7 nitrogen and oxygen atoms in total. The van der Waals surface area contributed by atoms with Crippen LogP contribution >= 0.6 is 11.3 Å². The minimum absolute atomic E-state index is 0.171. The first-order valence-electron chi connectivity index (χ1n) is 12.3. The molecule has 1 aromatic heterocycles. The molecule has 4 rings (SSSR count). The monoisotopic (exact) mass is 514 g/mol. The van der Waals surface area contributed by atoms with Gasteiger partial charge in [-0.3, -0.25) is 9.69 Å². The third kappa shape index (κ3) is 5.28. The number of sulfonamides is 1. The highest BCUT2D eigenvalue weighted by molar-refractivity contribution is 7.89. The van der Waals surface area contributed by atoms with Crippen molar-refractivity contribution in [1.82, 2.24) is 14.2 Å². The number of nitrogens with zero attached hydrogens (tertiary/aromatic N) is 4. The predicted octanol–water partition coefficient (Wildman–Crippen LogP) is 4.69. The van der Waals surface area contributed by atoms with Gasteiger partial charge in [0.2, 0.25) is 10.0 Å². The smallest absolute Gasteiger partial charge is 0.260 e. The van der Waals surface area contributed by atoms with Crippen molar-refractivity contribution in [2.24, 2.45) is 0 Å². The quantitative estimate of drug-likeness (QED) is 0.414. The van der Waals surface area contributed by atoms with Gasteiger partial charge < -0.3 is 4.90 Å². The molecule has 1 aliphatic heterocycles. The van der Waals surface area contributed by atoms with Gasteiger partial charge in [0.25, 0.3) is 5.91 Å². The van der Waals surface area contributed by atoms with Gasteiger partial charge in [0.05, 0.1) is 15.1 Å². The van der Waals surface area contributed by atoms with Crippen LogP contribution in [-0.4, -0.2) is 67.8 Å². The van der Waals surface area contributed by atoms with Gasteiger partial charge in [0, 0.05) is 31.7 Å². The zero-order valence-corrected chi connectivity index (χ0v) is 22.6. The Kier molecular flexibility index (Phi) is 7.90. The largest absolute Gasteiger partial charge is 0.302 e. The molecule has 1 fully saturated rings. The first-order valence-corrected chi connectivity index (χ1v) is 14.5. The highest BCUT2D eigenvalue weighted by atomic mass is 32.2. The fourth-order valence-corrected chi connectivity index (χ4v) is 6.96. The number of rotatable bonds is 9. The van der Waals surface area contributed by atoms with Crippen molar-refractivity contribution in [2.45, 2.75) is 45.4 Å². The van der Waals surface area contributed by atoms with E-state index in [9.17, 15) is 13.2 Å². The average Bonchev–Trinajstić information content (AvgIpc) is 3.55. The van der Waals surface area contributed by atoms with Crippen LogP contribution in [0, 0.1) is 13.8 Å². The molecule has 2 aromatic carbocycles. The summed E-state index contributed by atoms with van der Waals surface area (Å²) in [5, 5.41) is 0.666. The van der Waals surface area contributed by atoms with Crippen LogP contribution < -0.4 is 4.90 Å². The van der Waals surface area contributed by atoms with Crippen LogP contribution in [0.5, 0.6) is 0 Å². The second-order valence-electron chi connectivity index (χ2n) is 8.97. The summed E-state index contributed by atoms with van der Waals surface area (Å²) in [4.78, 5) is 22.8. The molecule has 0 saturated carbocycles. The Morgan fingerprint density at radius 3 is 2.29 bits per heavy atom. The molecule has 35 heavy (non-hydrogen) atoms. The van der Waals surface area contributed by atoms with Crippen molar-refractivity contribution >= 4 is 42.6 Å². The molecule has 1 amide bonds. The summed E-state index contributed by atoms with van der Waals surface area (Å²) < 4.78 is 28.4. The third-order valence-corrected chi connectivity index (χ3v) is 9.84. The Bertz CT molecular complexity index is 1290. The average molecular weight is 515 g/mol. The molecule has 2 heterocycles. The normalized spacial score (nSPS) is 14.8. The lowest BCUT2D eigenvalue weighted by atomic mass is 10.1. The Morgan fingerprint density at radius 1 is 1.00 bits per heavy atom. The van der Waals surface area contributed by atoms with Crippen molar-refractivity contribution in [1.29, 1.82) is 0 Å². The van der Waals surface area contributed by atoms with Crippen molar-refractivity contribution in [2.75, 3.05) is 44.2 Å². The van der Waals surface area contributed by atoms with Crippen molar-refractivity contribution < 1.29 is 13.2 Å². The summed E-state index contributed by atoms with van der Waals surface area (Å²) in [6.45, 7) is 12.5. The van der Waals surface area contributed by atoms with Crippen molar-refractivity contribution in [3.63, 3.8) is 0 Å². The molecule has 0 bridgehead atoms. The molecule has 9 heteroatoms. The fourth-order valence-electron chi connectivity index (χ4n) is 4.40. The number of amides is 1. The molecule has 0 unspecified atom stereocenters. The Morgan fingerprint density at radius 2 is 1.66 bits per heavy atom. The van der Waals surface area contributed by atoms with Crippen LogP contribution in [0.1, 0.15) is 48.2 Å². The molecule has 188 valence electrons. The van der Waals surface area contributed by atoms with Crippen LogP contribution in [0.4, 0.5) is 5.13 Å². The molecule has 0 spiro atoms. The summed E-state index contributed by atoms with van der Waals surface area (Å²) in [5.41, 5.74) is 3.68. The Balaban J connectivity index is 1.65. The van der Waals surface area contributed by atoms with E-state index < -0.39 is 10.0 Å². The number of aromatic nitrogens is 1. The molecule has 0 radical (unpaired) electrons. The van der Waals surface area contributed by atoms with Gasteiger partial charge in [-0.25, -0.2) is 13.4 Å². The minimum Gasteiger partial charge on any atom is -0.302 e. The number of aryl methyl sites for hydroxylation is 2. The van der Waals surface area contributed by atoms with Crippen LogP contribution in [-0.2, 0) is 10.0 Å². The van der Waals surface area contributed by atoms with Gasteiger partial charge in [-0.2, -0.15) is 4.31 Å². The number of fused-ring (bicyclic) bond motifs is 1. The van der Waals surface area contributed by atoms with E-state index >= 15 is 0 Å². The summed E-state index contributed by atoms with van der Waals surface area (Å²) in [6.07, 6.45) is 1.77. The highest BCUT2D eigenvalue weighted by Crippen LogP contribution is 2.33. The van der Waals surface area contributed by atoms with E-state index in [1.54, 1.807) is 29.2 Å². The van der Waals surface area contributed by atoms with E-state index in [0.717, 1.165) is 48.3 Å². The minimum atomic E-state index is -3.52. The number of carbonyl (C=O) groups is 1. The van der Waals surface area contributed by atoms with E-state index in [4.69, 9.17) is 4.98 Å². The zero-order valence-electron chi connectivity index (χ0n) is 21.0. The first-order chi connectivity index (χ1) is 16.8. The molecule has 0 N–H and O–H groups in total. The summed E-state index contributed by atoms with van der Waals surface area (Å²) in [5.74, 6) is -0.171. The fraction of sp³-hybridized carbons (Fsp3) is 0.462. The van der Waals surface area contributed by atoms with Gasteiger partial charge in [-0.05, 0) is 81.2 Å². The number of hydrogen-bond donors (Lipinski definition) is 0. The van der Waals surface area contributed by atoms with Crippen LogP contribution in [0.2, 0.25) is 0 Å². The molecular formula is C26H34N4O3S2. The van der Waals surface area contributed by atoms with E-state index in [1.807, 2.05) is 0 Å². The molecule has 3 aromatic rings. The van der Waals surface area contributed by atoms with E-state index in [-0.39, 0.29) is 10.8 Å². The van der Waals surface area contributed by atoms with Crippen LogP contribution in [0.25, 0.3) is 10.2 Å². The topological polar surface area (TPSA) is 73.8 Å². The van der Waals surface area contributed by atoms with Crippen molar-refractivity contribution in [3.05, 3.63) is 53.1 Å². The maximum Gasteiger partial charge on any atom is 0.260 e. The van der Waals surface area contributed by atoms with Gasteiger partial charge in [-0.15, -0.1) is 0 Å². The number of likely N-dealkylation sites (N-methyl/N-ethyl adjacent to an activating group) is 1. The van der Waals surface area contributed by atoms with Gasteiger partial charge in [0.1, 0.15) is 0 Å². The summed E-state index contributed by atoms with van der Waals surface area (Å²) in [7, 11) is -3.52. The standard InChI is InChI=1S/C26H34N4O3S2/c1-5-28(6-2)17-18-30(26-27-24-20(4)19(3)9-14-23(24)34-26)25(31)21-10-12-22(13-11-21)35(32,33)29-15-7-8-16-29/h9-14H,5-8,15-18H2,1-4H3. The molecule has 0 atom stereocenters. The lowest BCUT2D eigenvalue weighted by molar-refractivity contribution is 0.0983. The SMILES string of the molecule is CCN(CC)CCN(C(=O)c1ccc(S(=O)(=O)N2CCCC2)cc1)c1nc2c(C)c(C)ccc2s1. The first kappa shape index (κ1) is 25.8. The maximum atomic E-state index is 13.7. The highest BCUT2D eigenvalue weighted by Gasteiger charge is 2.28. The lowest BCUT2D eigenvalue weighted by Gasteiger charge is -2.25. The number of hydrogen-bond acceptors (Lipinski definition) is 6. The Labute approximate surface area is 212 Å². The van der Waals surface area contributed by atoms with Crippen molar-refractivity contribution in [3.8, 4) is 0 Å². The second-order valence-corrected chi connectivity index (χ2v) is 11.9. The van der Waals surface area contributed by atoms with Gasteiger partial charge in [-0.1, -0.05) is 31.3 Å². The number of carbonyl (C=O) groups excluding carboxylic acids is 1. The molecular weight excluding hydrogens is 480 g/mol. The third-order valence-electron chi connectivity index (χ3n) is 6.89. The zero-order chi connectivity index (χ0) is 25.2. The molecule has 1 saturated heterocycles. The lowest BCUT2D eigenvalue weighted by Crippen LogP contribution is -2.38. The Hall–Kier alpha value is -2.33. The van der Waals surface area contributed by atoms with E-state index in [2.05, 4.69) is 44.7 Å². The predicted molar refractivity (Wildman–Crippen MR) is 143 cm³/mol. The van der Waals surface area contributed by atoms with Gasteiger partial charge in [0.15, 0.2) is 5.13 Å². The summed E-state index contributed by atoms with van der Waals surface area (Å²) >= 11 is 1.52. The number of thiazole rings is 1. The van der Waals surface area contributed by atoms with Gasteiger partial charge >= 0.3 is 0 Å². The second kappa shape index (κ2) is 10.7. The van der Waals surface area contributed by atoms with E-state index in [0.29, 0.717) is 30.3 Å². The molecule has 1 aliphatic rings. The maximum absolute atomic E-state index is 13.7.